The molecule has 0 amide bonds. The number of hydrogen-bond acceptors (Lipinski definition) is 3. The predicted octanol–water partition coefficient (Wildman–Crippen LogP) is 19.0. The Labute approximate surface area is 505 Å². The molecule has 0 bridgehead atoms. The number of rotatable bonds is 6. The fraction of sp³-hybridized carbons (Fsp3) is 0.0488. The van der Waals surface area contributed by atoms with Crippen molar-refractivity contribution in [2.45, 2.75) is 24.7 Å². The lowest BCUT2D eigenvalue weighted by molar-refractivity contribution is 0.464. The van der Waals surface area contributed by atoms with Gasteiger partial charge in [0.1, 0.15) is 23.0 Å². The molecule has 0 radical (unpaired) electrons. The Morgan fingerprint density at radius 2 is 0.828 bits per heavy atom. The maximum absolute atomic E-state index is 6.98. The third-order valence-corrected chi connectivity index (χ3v) is 19.9. The van der Waals surface area contributed by atoms with Crippen LogP contribution in [0.15, 0.2) is 285 Å². The van der Waals surface area contributed by atoms with E-state index in [0.29, 0.717) is 0 Å². The number of para-hydroxylation sites is 3. The second-order valence-electron chi connectivity index (χ2n) is 24.6. The van der Waals surface area contributed by atoms with Crippen LogP contribution in [0.2, 0.25) is 0 Å². The monoisotopic (exact) mass is 1110 g/mol. The van der Waals surface area contributed by atoms with E-state index in [1.807, 2.05) is 0 Å². The summed E-state index contributed by atoms with van der Waals surface area (Å²) < 4.78 is 16.2. The molecule has 2 aliphatic heterocycles. The van der Waals surface area contributed by atoms with Gasteiger partial charge in [-0.15, -0.1) is 0 Å². The summed E-state index contributed by atoms with van der Waals surface area (Å²) in [5.41, 5.74) is 29.8. The molecule has 87 heavy (non-hydrogen) atoms. The Kier molecular flexibility index (Phi) is 9.94. The standard InChI is InChI=1S/C82H53BN2O2/c1-81(2)64-24-9-3-18-57(64)60-44-43-55(47-69(60)81)84(74-32-17-28-68-79(74)63-23-6-12-27-67(63)82(68)65-25-10-4-19-58(65)59-20-5-11-26-66(59)82)54-41-38-51(39-42-54)50-34-36-52(37-35-50)53-40-45-76-71(46-53)83-70-29-13-16-33-75(70)86-77-48-56(49-78(87-76)80(77)83)85-72-30-14-7-21-61(72)62-22-8-15-31-73(62)85/h3-49H,1-2H3. The van der Waals surface area contributed by atoms with Crippen molar-refractivity contribution < 1.29 is 9.47 Å². The van der Waals surface area contributed by atoms with E-state index in [1.165, 1.54) is 77.5 Å². The molecule has 5 heteroatoms. The van der Waals surface area contributed by atoms with Gasteiger partial charge in [0.2, 0.25) is 0 Å². The van der Waals surface area contributed by atoms with Crippen molar-refractivity contribution in [3.8, 4) is 84.3 Å². The minimum atomic E-state index is -0.461. The molecule has 13 aromatic carbocycles. The second kappa shape index (κ2) is 17.8. The molecule has 1 aromatic heterocycles. The van der Waals surface area contributed by atoms with E-state index in [1.54, 1.807) is 0 Å². The number of fused-ring (bicyclic) bond motifs is 20. The minimum Gasteiger partial charge on any atom is -0.458 e. The van der Waals surface area contributed by atoms with Gasteiger partial charge in [-0.2, -0.15) is 0 Å². The molecule has 0 unspecified atom stereocenters. The first-order valence-electron chi connectivity index (χ1n) is 30.3. The first-order chi connectivity index (χ1) is 42.9. The quantitative estimate of drug-likeness (QED) is 0.155. The number of anilines is 3. The molecular formula is C82H53BN2O2. The van der Waals surface area contributed by atoms with Gasteiger partial charge >= 0.3 is 0 Å². The third kappa shape index (κ3) is 6.63. The normalized spacial score (nSPS) is 14.2. The van der Waals surface area contributed by atoms with E-state index in [2.05, 4.69) is 308 Å². The molecule has 1 spiro atoms. The van der Waals surface area contributed by atoms with Crippen LogP contribution in [0.4, 0.5) is 17.1 Å². The summed E-state index contributed by atoms with van der Waals surface area (Å²) in [6, 6.07) is 106. The maximum atomic E-state index is 6.98. The average Bonchev–Trinajstić information content (AvgIpc) is 1.54. The molecule has 0 saturated carbocycles. The number of benzene rings is 13. The van der Waals surface area contributed by atoms with Crippen LogP contribution in [-0.4, -0.2) is 11.3 Å². The van der Waals surface area contributed by atoms with Crippen LogP contribution < -0.4 is 30.8 Å². The molecule has 0 saturated heterocycles. The summed E-state index contributed by atoms with van der Waals surface area (Å²) in [6.07, 6.45) is 0. The van der Waals surface area contributed by atoms with Crippen molar-refractivity contribution in [2.75, 3.05) is 4.90 Å². The number of aromatic nitrogens is 1. The highest BCUT2D eigenvalue weighted by molar-refractivity contribution is 6.98. The number of ether oxygens (including phenoxy) is 2. The van der Waals surface area contributed by atoms with E-state index >= 15 is 0 Å². The Balaban J connectivity index is 0.700. The van der Waals surface area contributed by atoms with Crippen molar-refractivity contribution in [3.05, 3.63) is 318 Å². The summed E-state index contributed by atoms with van der Waals surface area (Å²) in [5, 5.41) is 2.43. The molecule has 14 aromatic rings. The zero-order valence-electron chi connectivity index (χ0n) is 47.9. The van der Waals surface area contributed by atoms with E-state index < -0.39 is 5.41 Å². The summed E-state index contributed by atoms with van der Waals surface area (Å²) in [4.78, 5) is 2.52. The van der Waals surface area contributed by atoms with Gasteiger partial charge in [-0.05, 0) is 149 Å². The minimum absolute atomic E-state index is 0.0725. The van der Waals surface area contributed by atoms with Gasteiger partial charge < -0.3 is 18.9 Å². The molecule has 0 fully saturated rings. The Morgan fingerprint density at radius 1 is 0.345 bits per heavy atom. The Hall–Kier alpha value is -10.9. The largest absolute Gasteiger partial charge is 0.458 e. The second-order valence-corrected chi connectivity index (χ2v) is 24.6. The predicted molar refractivity (Wildman–Crippen MR) is 358 cm³/mol. The Morgan fingerprint density at radius 3 is 1.49 bits per heavy atom. The van der Waals surface area contributed by atoms with Gasteiger partial charge in [0.05, 0.1) is 27.8 Å². The molecule has 406 valence electrons. The molecular weight excluding hydrogens is 1060 g/mol. The van der Waals surface area contributed by atoms with E-state index in [0.717, 1.165) is 95.4 Å². The zero-order valence-corrected chi connectivity index (χ0v) is 47.9. The van der Waals surface area contributed by atoms with E-state index in [4.69, 9.17) is 9.47 Å². The smallest absolute Gasteiger partial charge is 0.260 e. The lowest BCUT2D eigenvalue weighted by Crippen LogP contribution is -2.57. The fourth-order valence-electron chi connectivity index (χ4n) is 16.2. The van der Waals surface area contributed by atoms with Crippen LogP contribution in [0.3, 0.4) is 0 Å². The number of hydrogen-bond donors (Lipinski definition) is 0. The highest BCUT2D eigenvalue weighted by atomic mass is 16.5. The lowest BCUT2D eigenvalue weighted by atomic mass is 9.34. The Bertz CT molecular complexity index is 5170. The summed E-state index contributed by atoms with van der Waals surface area (Å²) >= 11 is 0. The van der Waals surface area contributed by atoms with Gasteiger partial charge in [0.15, 0.2) is 0 Å². The van der Waals surface area contributed by atoms with Crippen LogP contribution >= 0.6 is 0 Å². The van der Waals surface area contributed by atoms with Gasteiger partial charge in [-0.1, -0.05) is 232 Å². The highest BCUT2D eigenvalue weighted by Gasteiger charge is 2.52. The number of nitrogens with zero attached hydrogens (tertiary/aromatic N) is 2. The molecule has 4 nitrogen and oxygen atoms in total. The summed E-state index contributed by atoms with van der Waals surface area (Å²) in [6.45, 7) is 4.68. The van der Waals surface area contributed by atoms with Gasteiger partial charge in [0.25, 0.3) is 6.71 Å². The summed E-state index contributed by atoms with van der Waals surface area (Å²) in [7, 11) is 0. The molecule has 5 aliphatic rings. The van der Waals surface area contributed by atoms with Crippen LogP contribution in [0.1, 0.15) is 47.2 Å². The van der Waals surface area contributed by atoms with Crippen molar-refractivity contribution in [1.29, 1.82) is 0 Å². The van der Waals surface area contributed by atoms with Crippen molar-refractivity contribution in [3.63, 3.8) is 0 Å². The van der Waals surface area contributed by atoms with Gasteiger partial charge in [-0.25, -0.2) is 0 Å². The van der Waals surface area contributed by atoms with Crippen LogP contribution in [0.25, 0.3) is 83.1 Å². The van der Waals surface area contributed by atoms with Crippen molar-refractivity contribution in [1.82, 2.24) is 4.57 Å². The lowest BCUT2D eigenvalue weighted by Gasteiger charge is -2.33. The highest BCUT2D eigenvalue weighted by Crippen LogP contribution is 2.65. The van der Waals surface area contributed by atoms with Crippen molar-refractivity contribution >= 4 is 62.0 Å². The van der Waals surface area contributed by atoms with Gasteiger partial charge in [-0.3, -0.25) is 0 Å². The zero-order chi connectivity index (χ0) is 57.3. The van der Waals surface area contributed by atoms with Crippen LogP contribution in [0.5, 0.6) is 23.0 Å². The first-order valence-corrected chi connectivity index (χ1v) is 30.3. The molecule has 0 atom stereocenters. The van der Waals surface area contributed by atoms with E-state index in [-0.39, 0.29) is 12.1 Å². The molecule has 19 rings (SSSR count). The SMILES string of the molecule is CC1(C)c2ccccc2-c2ccc(N(c3ccc(-c4ccc(-c5ccc6c(c5)B5c7ccccc7Oc7cc(-n8c9ccccc9c9ccccc98)cc(c75)O6)cc4)cc3)c3cccc4c3-c3ccccc3C43c4ccccc4-c4ccccc43)cc21. The first kappa shape index (κ1) is 48.5. The maximum Gasteiger partial charge on any atom is 0.260 e. The molecule has 0 N–H and O–H groups in total. The average molecular weight is 1110 g/mol. The topological polar surface area (TPSA) is 26.6 Å². The fourth-order valence-corrected chi connectivity index (χ4v) is 16.2. The van der Waals surface area contributed by atoms with Crippen LogP contribution in [0, 0.1) is 0 Å². The molecule has 3 aliphatic carbocycles. The van der Waals surface area contributed by atoms with E-state index in [9.17, 15) is 0 Å². The van der Waals surface area contributed by atoms with Gasteiger partial charge in [0, 0.05) is 50.7 Å². The summed E-state index contributed by atoms with van der Waals surface area (Å²) in [5.74, 6) is 3.36. The van der Waals surface area contributed by atoms with Crippen molar-refractivity contribution in [2.24, 2.45) is 0 Å². The van der Waals surface area contributed by atoms with Crippen LogP contribution in [-0.2, 0) is 10.8 Å². The molecule has 3 heterocycles. The third-order valence-electron chi connectivity index (χ3n) is 19.9.